The van der Waals surface area contributed by atoms with Gasteiger partial charge in [-0.3, -0.25) is 24.0 Å². The standard InChI is InChI=1S/5C17H22N6O/c5*1-11-5-6-23(15(24)8-18-3)9-14(11)22(4)17-13-7-12(2)21-16(13)19-10-20-17/h5*7,10-11,14H,5-6,8-9H2,1-2,4H3,(H,19,20,21)/t5*11-,14+/m11111/s1/i1D3,4D3,5D2,6D2,7D,8D2,9D2,10D,11D;4D3,5D2,6D2,7D,8D2,9D2,10D,14D;4D3,5D2,6D2,7D,8D2,9D2,10D,11D;1D3,4D3,5D2,6D2,7D,8D2,9D2,10D;4D3,5D2,6D2,7D,8D2,9D2,10D. The summed E-state index contributed by atoms with van der Waals surface area (Å²) in [4.78, 5) is 126. The Morgan fingerprint density at radius 3 is 0.950 bits per heavy atom. The van der Waals surface area contributed by atoms with Gasteiger partial charge in [-0.1, -0.05) is 34.5 Å². The van der Waals surface area contributed by atoms with Gasteiger partial charge in [-0.05, 0) is 126 Å². The van der Waals surface area contributed by atoms with Gasteiger partial charge in [0.25, 0.3) is 32.5 Å². The number of aromatic amines is 5. The Kier molecular flexibility index (Phi) is 10.8. The smallest absolute Gasteiger partial charge is 0.302 e. The van der Waals surface area contributed by atoms with Gasteiger partial charge in [0.2, 0.25) is 0 Å². The fourth-order valence-electron chi connectivity index (χ4n) is 10.7. The molecule has 0 aromatic carbocycles. The van der Waals surface area contributed by atoms with Crippen molar-refractivity contribution < 1.29 is 125 Å². The Labute approximate surface area is 804 Å². The average Bonchev–Trinajstić information content (AvgIpc) is 1.01. The first kappa shape index (κ1) is 32.9. The van der Waals surface area contributed by atoms with Crippen LogP contribution >= 0.6 is 0 Å². The summed E-state index contributed by atoms with van der Waals surface area (Å²) >= 11 is 0. The van der Waals surface area contributed by atoms with E-state index in [2.05, 4.69) is 99.0 Å². The summed E-state index contributed by atoms with van der Waals surface area (Å²) in [7, 11) is 0. The van der Waals surface area contributed by atoms with Crippen molar-refractivity contribution in [1.29, 1.82) is 0 Å². The Hall–Kier alpha value is -13.1. The molecule has 10 aromatic rings. The minimum Gasteiger partial charge on any atom is -0.354 e. The molecule has 0 bridgehead atoms. The number of H-pyrrole nitrogens is 5. The lowest BCUT2D eigenvalue weighted by Crippen LogP contribution is -2.53. The van der Waals surface area contributed by atoms with Gasteiger partial charge < -0.3 is 98.1 Å². The van der Waals surface area contributed by atoms with Crippen LogP contribution in [-0.2, 0) is 24.0 Å². The van der Waals surface area contributed by atoms with Crippen LogP contribution in [0.5, 0.6) is 0 Å². The van der Waals surface area contributed by atoms with E-state index in [1.54, 1.807) is 0 Å². The number of fused-ring (bicyclic) bond motifs is 5. The molecule has 5 aliphatic rings. The lowest BCUT2D eigenvalue weighted by Gasteiger charge is -2.41. The summed E-state index contributed by atoms with van der Waals surface area (Å²) in [6.45, 7) is -37.2. The summed E-state index contributed by atoms with van der Waals surface area (Å²) in [6, 6.07) is -16.5. The van der Waals surface area contributed by atoms with Crippen molar-refractivity contribution in [1.82, 2.24) is 99.3 Å². The van der Waals surface area contributed by atoms with Gasteiger partial charge in [0.1, 0.15) is 109 Å². The summed E-state index contributed by atoms with van der Waals surface area (Å²) in [6.07, 6.45) is -22.3. The number of rotatable bonds is 15. The number of nitrogens with zero attached hydrogens (tertiary/aromatic N) is 25. The second-order valence-corrected chi connectivity index (χ2v) is 24.4. The Morgan fingerprint density at radius 2 is 0.642 bits per heavy atom. The number of hydrogen-bond acceptors (Lipinski definition) is 20. The summed E-state index contributed by atoms with van der Waals surface area (Å²) in [5, 5.41) is -1.87. The van der Waals surface area contributed by atoms with Crippen LogP contribution in [0.3, 0.4) is 0 Å². The van der Waals surface area contributed by atoms with Crippen LogP contribution in [0.1, 0.15) is 196 Å². The van der Waals surface area contributed by atoms with E-state index in [-0.39, 0.29) is 111 Å². The minimum absolute atomic E-state index is 0.0151. The number of carbonyl (C=O) groups excluding carboxylic acids is 5. The molecule has 5 aliphatic heterocycles. The zero-order valence-corrected chi connectivity index (χ0v) is 62.8. The fraction of sp³-hybridized carbons (Fsp3) is 0.529. The van der Waals surface area contributed by atoms with E-state index in [4.69, 9.17) is 133 Å². The highest BCUT2D eigenvalue weighted by Crippen LogP contribution is 2.36. The summed E-state index contributed by atoms with van der Waals surface area (Å²) < 4.78 is 611. The van der Waals surface area contributed by atoms with E-state index in [9.17, 15) is 25.3 Å². The van der Waals surface area contributed by atoms with Crippen molar-refractivity contribution in [3.8, 4) is 0 Å². The second kappa shape index (κ2) is 39.4. The quantitative estimate of drug-likeness (QED) is 0.0597. The molecular weight excluding hydrogens is 1520 g/mol. The molecule has 5 saturated heterocycles. The van der Waals surface area contributed by atoms with Crippen molar-refractivity contribution in [2.75, 3.05) is 157 Å². The molecule has 5 amide bonds. The third kappa shape index (κ3) is 20.2. The summed E-state index contributed by atoms with van der Waals surface area (Å²) in [5.41, 5.74) is -0.539. The van der Waals surface area contributed by atoms with Crippen molar-refractivity contribution in [3.05, 3.63) is 147 Å². The molecule has 5 fully saturated rings. The van der Waals surface area contributed by atoms with Gasteiger partial charge >= 0.3 is 29.5 Å². The molecule has 630 valence electrons. The first-order valence-electron chi connectivity index (χ1n) is 70.6. The van der Waals surface area contributed by atoms with E-state index in [0.717, 1.165) is 13.8 Å². The third-order valence-electron chi connectivity index (χ3n) is 16.1. The highest BCUT2D eigenvalue weighted by Gasteiger charge is 2.39. The highest BCUT2D eigenvalue weighted by atomic mass is 16.2. The van der Waals surface area contributed by atoms with Gasteiger partial charge in [0.05, 0.1) is 79.0 Å². The number of aryl methyl sites for hydroxylation is 5. The van der Waals surface area contributed by atoms with Crippen LogP contribution in [0, 0.1) is 97.0 Å². The first-order chi connectivity index (χ1) is 86.2. The molecule has 35 heteroatoms. The number of amides is 5. The largest absolute Gasteiger partial charge is 0.354 e. The topological polar surface area (TPSA) is 347 Å². The molecule has 0 aliphatic carbocycles. The fourth-order valence-corrected chi connectivity index (χ4v) is 10.7. The van der Waals surface area contributed by atoms with Crippen LogP contribution in [-0.4, -0.2) is 291 Å². The molecule has 0 spiro atoms. The maximum atomic E-state index is 13.1. The molecule has 0 radical (unpaired) electrons. The number of carbonyl (C=O) groups is 5. The summed E-state index contributed by atoms with van der Waals surface area (Å²) in [5.74, 6) is -29.3. The first-order valence-corrected chi connectivity index (χ1v) is 33.6. The van der Waals surface area contributed by atoms with E-state index >= 15 is 0 Å². The van der Waals surface area contributed by atoms with Crippen LogP contribution < -0.4 is 24.5 Å². The maximum Gasteiger partial charge on any atom is 0.302 e. The van der Waals surface area contributed by atoms with Crippen LogP contribution in [0.15, 0.2) is 61.7 Å². The molecule has 15 heterocycles. The predicted octanol–water partition coefficient (Wildman–Crippen LogP) is 9.29. The second-order valence-electron chi connectivity index (χ2n) is 24.4. The number of likely N-dealkylation sites (tertiary alicyclic amines) is 5. The van der Waals surface area contributed by atoms with E-state index in [0.29, 0.717) is 11.8 Å². The number of likely N-dealkylation sites (N-methyl/N-ethyl adjacent to an activating group) is 5. The predicted molar refractivity (Wildman–Crippen MR) is 463 cm³/mol. The molecular formula is C85H110N30O5. The van der Waals surface area contributed by atoms with Crippen LogP contribution in [0.4, 0.5) is 29.1 Å². The Bertz CT molecular complexity index is 9210. The van der Waals surface area contributed by atoms with Crippen LogP contribution in [0.25, 0.3) is 79.4 Å². The van der Waals surface area contributed by atoms with Gasteiger partial charge in [0.15, 0.2) is 0 Å². The molecule has 120 heavy (non-hydrogen) atoms. The lowest BCUT2D eigenvalue weighted by atomic mass is 9.92. The van der Waals surface area contributed by atoms with E-state index < -0.39 is 375 Å². The zero-order chi connectivity index (χ0) is 151. The average molecular weight is 1710 g/mol. The van der Waals surface area contributed by atoms with Crippen molar-refractivity contribution in [3.63, 3.8) is 0 Å². The minimum atomic E-state index is -4.20. The number of nitrogens with one attached hydrogen (secondary N) is 5. The van der Waals surface area contributed by atoms with Gasteiger partial charge in [-0.2, -0.15) is 0 Å². The number of anilines is 5. The van der Waals surface area contributed by atoms with Gasteiger partial charge in [-0.25, -0.2) is 82.7 Å². The zero-order valence-electron chi connectivity index (χ0n) is 137. The molecule has 0 saturated carbocycles. The van der Waals surface area contributed by atoms with Gasteiger partial charge in [0, 0.05) is 187 Å². The third-order valence-corrected chi connectivity index (χ3v) is 16.1. The van der Waals surface area contributed by atoms with Crippen molar-refractivity contribution in [2.24, 2.45) is 29.5 Å². The monoisotopic (exact) mass is 1710 g/mol. The molecule has 10 atom stereocenters. The van der Waals surface area contributed by atoms with E-state index in [1.807, 2.05) is 0 Å². The Balaban J connectivity index is 0.000000224. The number of piperidine rings is 5. The SMILES string of the molecule is [2H]c1nc(N(C([2H])([2H])[2H])[C@]2([2H])[C@H](C)C([2H])([2H])C([2H])([2H])N(C(=O)C([2H])([2H])[N+]#[C-])C2([2H])[2H])c2c([2H])c(C)[nH]c2n1.[2H]c1nc(N([C@@H]2[C@H](C([2H])([2H])[2H])C([2H])([2H])C([2H])([2H])N(C(=O)C([2H])([2H])[N+]#[C-])C2([2H])[2H])C([2H])([2H])[2H])c2c([2H])c(C)[nH]c2n1.[2H]c1nc(N([C@@H]2[C@H](C)C([2H])([2H])C([2H])([2H])N(C(=O)C([2H])([2H])[N+]#[C-])C2([2H])[2H])C([2H])([2H])[2H])c2c([2H])c(C)[nH]c2n1.[2H]c1nc(N([C@H]2C([2H])([2H])N(C(=O)C([2H])([2H])[N+]#[C-])C([2H])([2H])C([2H])([2H])[C@@]2([2H])C([2H])([2H])[2H])C([2H])([2H])[2H])c2c([2H])c(C)[nH]c2n1.[2H]c1nc(N([C@H]2C([2H])([2H])N(C(=O)C([2H])([2H])[N+]#[C-])C([2H])([2H])C([2H])([2H])[C@@]2([2H])C)C([2H])([2H])[2H])c2c([2H])c(C)[nH]c2n1. The molecule has 10 aromatic heterocycles. The van der Waals surface area contributed by atoms with E-state index in [1.165, 1.54) is 34.6 Å². The van der Waals surface area contributed by atoms with Gasteiger partial charge in [-0.15, -0.1) is 0 Å². The Morgan fingerprint density at radius 1 is 0.383 bits per heavy atom. The van der Waals surface area contributed by atoms with Crippen molar-refractivity contribution in [2.45, 2.75) is 131 Å². The van der Waals surface area contributed by atoms with Crippen LogP contribution in [0.2, 0.25) is 0 Å². The lowest BCUT2D eigenvalue weighted by molar-refractivity contribution is -0.131. The number of aromatic nitrogens is 15. The number of hydrogen-bond donors (Lipinski definition) is 5. The molecule has 15 rings (SSSR count). The molecule has 35 nitrogen and oxygen atoms in total. The normalized spacial score (nSPS) is 39.4. The molecule has 0 unspecified atom stereocenters. The maximum absolute atomic E-state index is 13.1. The molecule has 5 N–H and O–H groups in total. The highest BCUT2D eigenvalue weighted by molar-refractivity contribution is 5.92. The van der Waals surface area contributed by atoms with Crippen molar-refractivity contribution >= 4 is 114 Å².